The van der Waals surface area contributed by atoms with Gasteiger partial charge in [-0.15, -0.1) is 0 Å². The van der Waals surface area contributed by atoms with Crippen LogP contribution in [0.15, 0.2) is 21.5 Å². The van der Waals surface area contributed by atoms with Crippen molar-refractivity contribution in [2.75, 3.05) is 0 Å². The van der Waals surface area contributed by atoms with Crippen LogP contribution in [0.2, 0.25) is 0 Å². The number of aryl methyl sites for hydroxylation is 1. The Morgan fingerprint density at radius 1 is 1.53 bits per heavy atom. The number of carbonyl (C=O) groups excluding carboxylic acids is 1. The van der Waals surface area contributed by atoms with Crippen LogP contribution in [0.5, 0.6) is 5.75 Å². The highest BCUT2D eigenvalue weighted by molar-refractivity contribution is 5.76. The fourth-order valence-electron chi connectivity index (χ4n) is 1.36. The Morgan fingerprint density at radius 2 is 2.21 bits per heavy atom. The van der Waals surface area contributed by atoms with Gasteiger partial charge in [-0.1, -0.05) is 6.92 Å². The summed E-state index contributed by atoms with van der Waals surface area (Å²) >= 11 is 0. The molecule has 0 aliphatic carbocycles. The van der Waals surface area contributed by atoms with Crippen molar-refractivity contribution in [3.63, 3.8) is 0 Å². The summed E-state index contributed by atoms with van der Waals surface area (Å²) in [5.74, 6) is -1.80. The van der Waals surface area contributed by atoms with Gasteiger partial charge in [-0.3, -0.25) is 14.4 Å². The van der Waals surface area contributed by atoms with Gasteiger partial charge in [0.1, 0.15) is 11.8 Å². The van der Waals surface area contributed by atoms with E-state index in [0.717, 1.165) is 6.07 Å². The quantitative estimate of drug-likeness (QED) is 0.712. The molecule has 0 bridgehead atoms. The largest absolute Gasteiger partial charge is 0.480 e. The number of hydrogen-bond donors (Lipinski definition) is 2. The Kier molecular flexibility index (Phi) is 5.25. The SMILES string of the molecule is CCc1occc(=O)c1OC(=O)CCC(N)C(=O)O. The van der Waals surface area contributed by atoms with Crippen LogP contribution in [0, 0.1) is 0 Å². The van der Waals surface area contributed by atoms with Gasteiger partial charge in [0.15, 0.2) is 0 Å². The minimum atomic E-state index is -1.19. The molecule has 0 saturated carbocycles. The molecule has 1 unspecified atom stereocenters. The van der Waals surface area contributed by atoms with Crippen LogP contribution < -0.4 is 15.9 Å². The number of rotatable bonds is 6. The number of carboxylic acid groups (broad SMARTS) is 1. The van der Waals surface area contributed by atoms with Crippen molar-refractivity contribution >= 4 is 11.9 Å². The second-order valence-electron chi connectivity index (χ2n) is 3.85. The normalized spacial score (nSPS) is 11.9. The van der Waals surface area contributed by atoms with Gasteiger partial charge in [0.2, 0.25) is 11.2 Å². The third-order valence-corrected chi connectivity index (χ3v) is 2.42. The first-order valence-electron chi connectivity index (χ1n) is 5.75. The van der Waals surface area contributed by atoms with Gasteiger partial charge in [0.05, 0.1) is 6.26 Å². The van der Waals surface area contributed by atoms with E-state index in [9.17, 15) is 14.4 Å². The van der Waals surface area contributed by atoms with E-state index in [2.05, 4.69) is 0 Å². The lowest BCUT2D eigenvalue weighted by Crippen LogP contribution is -2.31. The van der Waals surface area contributed by atoms with Crippen molar-refractivity contribution in [1.29, 1.82) is 0 Å². The first-order chi connectivity index (χ1) is 8.95. The summed E-state index contributed by atoms with van der Waals surface area (Å²) in [6.07, 6.45) is 1.37. The molecule has 7 heteroatoms. The zero-order valence-corrected chi connectivity index (χ0v) is 10.4. The number of aliphatic carboxylic acids is 1. The smallest absolute Gasteiger partial charge is 0.320 e. The summed E-state index contributed by atoms with van der Waals surface area (Å²) in [5, 5.41) is 8.57. The summed E-state index contributed by atoms with van der Waals surface area (Å²) in [7, 11) is 0. The fourth-order valence-corrected chi connectivity index (χ4v) is 1.36. The molecule has 1 rings (SSSR count). The zero-order valence-electron chi connectivity index (χ0n) is 10.4. The fraction of sp³-hybridized carbons (Fsp3) is 0.417. The molecule has 0 amide bonds. The number of ether oxygens (including phenoxy) is 1. The maximum Gasteiger partial charge on any atom is 0.320 e. The summed E-state index contributed by atoms with van der Waals surface area (Å²) in [4.78, 5) is 33.5. The molecule has 0 aliphatic heterocycles. The van der Waals surface area contributed by atoms with E-state index in [0.29, 0.717) is 6.42 Å². The lowest BCUT2D eigenvalue weighted by molar-refractivity contribution is -0.139. The third kappa shape index (κ3) is 4.22. The van der Waals surface area contributed by atoms with Crippen LogP contribution in [0.3, 0.4) is 0 Å². The van der Waals surface area contributed by atoms with Crippen LogP contribution in [0.1, 0.15) is 25.5 Å². The molecule has 0 spiro atoms. The molecule has 0 aliphatic rings. The third-order valence-electron chi connectivity index (χ3n) is 2.42. The van der Waals surface area contributed by atoms with Crippen molar-refractivity contribution < 1.29 is 23.8 Å². The molecule has 1 heterocycles. The molecule has 19 heavy (non-hydrogen) atoms. The standard InChI is InChI=1S/C12H15NO6/c1-2-9-11(8(14)5-6-18-9)19-10(15)4-3-7(13)12(16)17/h5-7H,2-4,13H2,1H3,(H,16,17). The molecule has 7 nitrogen and oxygen atoms in total. The predicted molar refractivity (Wildman–Crippen MR) is 64.8 cm³/mol. The number of hydrogen-bond acceptors (Lipinski definition) is 6. The average Bonchev–Trinajstić information content (AvgIpc) is 2.38. The van der Waals surface area contributed by atoms with Gasteiger partial charge < -0.3 is 20.0 Å². The molecule has 104 valence electrons. The van der Waals surface area contributed by atoms with E-state index in [-0.39, 0.29) is 24.4 Å². The van der Waals surface area contributed by atoms with Crippen LogP contribution in [0.4, 0.5) is 0 Å². The summed E-state index contributed by atoms with van der Waals surface area (Å²) < 4.78 is 9.96. The minimum Gasteiger partial charge on any atom is -0.480 e. The molecule has 1 aromatic heterocycles. The number of carbonyl (C=O) groups is 2. The Bertz CT molecular complexity index is 521. The second kappa shape index (κ2) is 6.69. The van der Waals surface area contributed by atoms with Crippen molar-refractivity contribution in [3.05, 3.63) is 28.3 Å². The monoisotopic (exact) mass is 269 g/mol. The zero-order chi connectivity index (χ0) is 14.4. The lowest BCUT2D eigenvalue weighted by atomic mass is 10.2. The Hall–Kier alpha value is -2.15. The summed E-state index contributed by atoms with van der Waals surface area (Å²) in [6, 6.07) is 0.00970. The van der Waals surface area contributed by atoms with E-state index in [1.54, 1.807) is 6.92 Å². The molecule has 1 atom stereocenters. The maximum absolute atomic E-state index is 11.5. The van der Waals surface area contributed by atoms with E-state index < -0.39 is 23.4 Å². The van der Waals surface area contributed by atoms with Gasteiger partial charge in [-0.25, -0.2) is 0 Å². The van der Waals surface area contributed by atoms with Crippen LogP contribution in [-0.4, -0.2) is 23.1 Å². The molecular formula is C12H15NO6. The summed E-state index contributed by atoms with van der Waals surface area (Å²) in [6.45, 7) is 1.75. The van der Waals surface area contributed by atoms with Crippen molar-refractivity contribution in [2.45, 2.75) is 32.2 Å². The number of carboxylic acids is 1. The van der Waals surface area contributed by atoms with E-state index >= 15 is 0 Å². The van der Waals surface area contributed by atoms with Crippen LogP contribution >= 0.6 is 0 Å². The first kappa shape index (κ1) is 14.9. The summed E-state index contributed by atoms with van der Waals surface area (Å²) in [5.41, 5.74) is 4.80. The van der Waals surface area contributed by atoms with Crippen LogP contribution in [-0.2, 0) is 16.0 Å². The van der Waals surface area contributed by atoms with E-state index in [1.165, 1.54) is 6.26 Å². The molecule has 0 aromatic carbocycles. The molecule has 3 N–H and O–H groups in total. The van der Waals surface area contributed by atoms with Gasteiger partial charge >= 0.3 is 11.9 Å². The lowest BCUT2D eigenvalue weighted by Gasteiger charge is -2.08. The maximum atomic E-state index is 11.5. The second-order valence-corrected chi connectivity index (χ2v) is 3.85. The first-order valence-corrected chi connectivity index (χ1v) is 5.75. The Morgan fingerprint density at radius 3 is 2.79 bits per heavy atom. The average molecular weight is 269 g/mol. The van der Waals surface area contributed by atoms with Crippen LogP contribution in [0.25, 0.3) is 0 Å². The van der Waals surface area contributed by atoms with Crippen molar-refractivity contribution in [1.82, 2.24) is 0 Å². The minimum absolute atomic E-state index is 0.0617. The topological polar surface area (TPSA) is 120 Å². The van der Waals surface area contributed by atoms with Gasteiger partial charge in [0, 0.05) is 18.9 Å². The molecular weight excluding hydrogens is 254 g/mol. The van der Waals surface area contributed by atoms with Crippen molar-refractivity contribution in [3.8, 4) is 5.75 Å². The van der Waals surface area contributed by atoms with Crippen molar-refractivity contribution in [2.24, 2.45) is 5.73 Å². The predicted octanol–water partition coefficient (Wildman–Crippen LogP) is 0.300. The Balaban J connectivity index is 2.67. The van der Waals surface area contributed by atoms with E-state index in [1.807, 2.05) is 0 Å². The van der Waals surface area contributed by atoms with E-state index in [4.69, 9.17) is 20.0 Å². The number of esters is 1. The Labute approximate surface area is 109 Å². The number of nitrogens with two attached hydrogens (primary N) is 1. The highest BCUT2D eigenvalue weighted by atomic mass is 16.5. The molecule has 0 radical (unpaired) electrons. The molecule has 0 saturated heterocycles. The van der Waals surface area contributed by atoms with Gasteiger partial charge in [-0.2, -0.15) is 0 Å². The highest BCUT2D eigenvalue weighted by Crippen LogP contribution is 2.14. The molecule has 0 fully saturated rings. The highest BCUT2D eigenvalue weighted by Gasteiger charge is 2.17. The van der Waals surface area contributed by atoms with Gasteiger partial charge in [-0.05, 0) is 6.42 Å². The van der Waals surface area contributed by atoms with Gasteiger partial charge in [0.25, 0.3) is 0 Å². The molecule has 1 aromatic rings.